The van der Waals surface area contributed by atoms with Crippen molar-refractivity contribution in [3.63, 3.8) is 0 Å². The molecular weight excluding hydrogens is 177 g/mol. The molecule has 0 saturated heterocycles. The molecule has 2 N–H and O–H groups in total. The van der Waals surface area contributed by atoms with E-state index in [-0.39, 0.29) is 5.41 Å². The highest BCUT2D eigenvalue weighted by atomic mass is 19.1. The van der Waals surface area contributed by atoms with Gasteiger partial charge in [-0.05, 0) is 44.4 Å². The Morgan fingerprint density at radius 2 is 1.71 bits per heavy atom. The maximum Gasteiger partial charge on any atom is 0.115 e. The van der Waals surface area contributed by atoms with Crippen LogP contribution in [0.4, 0.5) is 10.1 Å². The lowest BCUT2D eigenvalue weighted by molar-refractivity contribution is 0.156. The number of hydrogen-bond acceptors (Lipinski definition) is 1. The zero-order valence-electron chi connectivity index (χ0n) is 8.68. The second-order valence-corrected chi connectivity index (χ2v) is 4.68. The molecule has 14 heavy (non-hydrogen) atoms. The first kappa shape index (κ1) is 9.50. The summed E-state index contributed by atoms with van der Waals surface area (Å²) in [5.41, 5.74) is 6.04. The zero-order chi connectivity index (χ0) is 10.4. The molecule has 2 heteroatoms. The summed E-state index contributed by atoms with van der Waals surface area (Å²) >= 11 is 0. The van der Waals surface area contributed by atoms with E-state index in [0.29, 0.717) is 0 Å². The van der Waals surface area contributed by atoms with Gasteiger partial charge in [-0.15, -0.1) is 0 Å². The molecule has 0 heterocycles. The van der Waals surface area contributed by atoms with Gasteiger partial charge in [-0.25, -0.2) is 4.39 Å². The minimum absolute atomic E-state index is 0.249. The van der Waals surface area contributed by atoms with Gasteiger partial charge in [-0.3, -0.25) is 0 Å². The van der Waals surface area contributed by atoms with E-state index in [4.69, 9.17) is 5.73 Å². The number of rotatable bonds is 2. The predicted octanol–water partition coefficient (Wildman–Crippen LogP) is 3.05. The normalized spacial score (nSPS) is 19.4. The van der Waals surface area contributed by atoms with E-state index in [0.717, 1.165) is 24.1 Å². The summed E-state index contributed by atoms with van der Waals surface area (Å²) in [5, 5.41) is 0. The Morgan fingerprint density at radius 3 is 2.07 bits per heavy atom. The molecule has 0 spiro atoms. The molecule has 0 aliphatic heterocycles. The second kappa shape index (κ2) is 2.72. The van der Waals surface area contributed by atoms with E-state index in [1.165, 1.54) is 0 Å². The Hall–Kier alpha value is -1.05. The van der Waals surface area contributed by atoms with Crippen LogP contribution in [0.15, 0.2) is 24.3 Å². The fraction of sp³-hybridized carbons (Fsp3) is 0.500. The van der Waals surface area contributed by atoms with Crippen molar-refractivity contribution in [1.82, 2.24) is 0 Å². The first-order chi connectivity index (χ1) is 6.46. The van der Waals surface area contributed by atoms with Crippen LogP contribution in [-0.2, 0) is 5.41 Å². The van der Waals surface area contributed by atoms with E-state index in [1.807, 2.05) is 24.3 Å². The van der Waals surface area contributed by atoms with Gasteiger partial charge in [0.2, 0.25) is 0 Å². The first-order valence-electron chi connectivity index (χ1n) is 5.01. The van der Waals surface area contributed by atoms with Crippen molar-refractivity contribution in [3.8, 4) is 0 Å². The molecule has 76 valence electrons. The topological polar surface area (TPSA) is 26.0 Å². The van der Waals surface area contributed by atoms with Gasteiger partial charge in [0.05, 0.1) is 0 Å². The third kappa shape index (κ3) is 1.29. The van der Waals surface area contributed by atoms with Crippen LogP contribution in [0.1, 0.15) is 32.3 Å². The minimum atomic E-state index is -1.14. The fourth-order valence-corrected chi connectivity index (χ4v) is 2.15. The summed E-state index contributed by atoms with van der Waals surface area (Å²) < 4.78 is 14.0. The van der Waals surface area contributed by atoms with Crippen molar-refractivity contribution in [2.24, 2.45) is 0 Å². The average Bonchev–Trinajstić information content (AvgIpc) is 2.84. The predicted molar refractivity (Wildman–Crippen MR) is 57.0 cm³/mol. The molecule has 0 aromatic heterocycles. The van der Waals surface area contributed by atoms with Gasteiger partial charge in [0, 0.05) is 11.1 Å². The Balaban J connectivity index is 2.36. The molecular formula is C12H16FN. The van der Waals surface area contributed by atoms with Crippen LogP contribution < -0.4 is 5.73 Å². The number of halogens is 1. The molecule has 1 aliphatic rings. The highest BCUT2D eigenvalue weighted by Gasteiger charge is 2.56. The lowest BCUT2D eigenvalue weighted by atomic mass is 9.82. The van der Waals surface area contributed by atoms with Crippen molar-refractivity contribution >= 4 is 5.69 Å². The van der Waals surface area contributed by atoms with Gasteiger partial charge in [-0.2, -0.15) is 0 Å². The Labute approximate surface area is 84.1 Å². The molecule has 0 bridgehead atoms. The molecule has 1 aromatic carbocycles. The quantitative estimate of drug-likeness (QED) is 0.718. The van der Waals surface area contributed by atoms with Gasteiger partial charge in [0.15, 0.2) is 0 Å². The van der Waals surface area contributed by atoms with Gasteiger partial charge >= 0.3 is 0 Å². The lowest BCUT2D eigenvalue weighted by Crippen LogP contribution is -2.31. The fourth-order valence-electron chi connectivity index (χ4n) is 2.15. The Kier molecular flexibility index (Phi) is 1.85. The van der Waals surface area contributed by atoms with E-state index < -0.39 is 5.67 Å². The van der Waals surface area contributed by atoms with Crippen molar-refractivity contribution in [2.45, 2.75) is 37.8 Å². The van der Waals surface area contributed by atoms with Gasteiger partial charge < -0.3 is 5.73 Å². The average molecular weight is 193 g/mol. The monoisotopic (exact) mass is 193 g/mol. The smallest absolute Gasteiger partial charge is 0.115 e. The van der Waals surface area contributed by atoms with E-state index in [9.17, 15) is 4.39 Å². The number of hydrogen-bond donors (Lipinski definition) is 1. The largest absolute Gasteiger partial charge is 0.399 e. The van der Waals surface area contributed by atoms with Crippen LogP contribution in [0.5, 0.6) is 0 Å². The van der Waals surface area contributed by atoms with Crippen LogP contribution >= 0.6 is 0 Å². The maximum absolute atomic E-state index is 14.0. The number of nitrogens with two attached hydrogens (primary N) is 1. The third-order valence-electron chi connectivity index (χ3n) is 3.35. The molecule has 1 aromatic rings. The number of nitrogen functional groups attached to an aromatic ring is 1. The molecule has 2 rings (SSSR count). The highest BCUT2D eigenvalue weighted by molar-refractivity contribution is 5.44. The van der Waals surface area contributed by atoms with Crippen molar-refractivity contribution in [1.29, 1.82) is 0 Å². The second-order valence-electron chi connectivity index (χ2n) is 4.68. The number of benzene rings is 1. The molecule has 1 aliphatic carbocycles. The molecule has 1 fully saturated rings. The highest BCUT2D eigenvalue weighted by Crippen LogP contribution is 2.57. The summed E-state index contributed by atoms with van der Waals surface area (Å²) in [7, 11) is 0. The summed E-state index contributed by atoms with van der Waals surface area (Å²) in [6, 6.07) is 7.59. The lowest BCUT2D eigenvalue weighted by Gasteiger charge is -2.27. The van der Waals surface area contributed by atoms with Crippen molar-refractivity contribution < 1.29 is 4.39 Å². The molecule has 0 amide bonds. The molecule has 1 nitrogen and oxygen atoms in total. The molecule has 0 atom stereocenters. The van der Waals surface area contributed by atoms with E-state index in [2.05, 4.69) is 0 Å². The van der Waals surface area contributed by atoms with Crippen LogP contribution in [-0.4, -0.2) is 5.67 Å². The maximum atomic E-state index is 14.0. The summed E-state index contributed by atoms with van der Waals surface area (Å²) in [5.74, 6) is 0. The zero-order valence-corrected chi connectivity index (χ0v) is 8.68. The van der Waals surface area contributed by atoms with Gasteiger partial charge in [0.25, 0.3) is 0 Å². The van der Waals surface area contributed by atoms with E-state index in [1.54, 1.807) is 13.8 Å². The van der Waals surface area contributed by atoms with Crippen LogP contribution in [0.25, 0.3) is 0 Å². The SMILES string of the molecule is CC(C)(F)C1(c2ccc(N)cc2)CC1. The minimum Gasteiger partial charge on any atom is -0.399 e. The van der Waals surface area contributed by atoms with Crippen molar-refractivity contribution in [2.75, 3.05) is 5.73 Å². The molecule has 1 saturated carbocycles. The van der Waals surface area contributed by atoms with Crippen molar-refractivity contribution in [3.05, 3.63) is 29.8 Å². The van der Waals surface area contributed by atoms with Crippen LogP contribution in [0.3, 0.4) is 0 Å². The van der Waals surface area contributed by atoms with Crippen LogP contribution in [0, 0.1) is 0 Å². The molecule has 0 radical (unpaired) electrons. The Morgan fingerprint density at radius 1 is 1.21 bits per heavy atom. The Bertz CT molecular complexity index is 330. The number of anilines is 1. The number of alkyl halides is 1. The summed E-state index contributed by atoms with van der Waals surface area (Å²) in [6.07, 6.45) is 1.89. The third-order valence-corrected chi connectivity index (χ3v) is 3.35. The summed E-state index contributed by atoms with van der Waals surface area (Å²) in [4.78, 5) is 0. The molecule has 0 unspecified atom stereocenters. The van der Waals surface area contributed by atoms with E-state index >= 15 is 0 Å². The summed E-state index contributed by atoms with van der Waals surface area (Å²) in [6.45, 7) is 3.33. The van der Waals surface area contributed by atoms with Gasteiger partial charge in [0.1, 0.15) is 5.67 Å². The van der Waals surface area contributed by atoms with Gasteiger partial charge in [-0.1, -0.05) is 12.1 Å². The standard InChI is InChI=1S/C12H16FN/c1-11(2,13)12(7-8-12)9-3-5-10(14)6-4-9/h3-6H,7-8,14H2,1-2H3. The first-order valence-corrected chi connectivity index (χ1v) is 5.01. The van der Waals surface area contributed by atoms with Crippen LogP contribution in [0.2, 0.25) is 0 Å².